The summed E-state index contributed by atoms with van der Waals surface area (Å²) in [6.07, 6.45) is 4.91. The molecule has 2 aromatic rings. The van der Waals surface area contributed by atoms with Crippen molar-refractivity contribution >= 4 is 29.3 Å². The number of carbonyl (C=O) groups is 2. The van der Waals surface area contributed by atoms with Crippen molar-refractivity contribution in [3.05, 3.63) is 45.5 Å². The number of carbonyl (C=O) groups excluding carboxylic acids is 2. The van der Waals surface area contributed by atoms with E-state index in [1.165, 1.54) is 17.0 Å². The van der Waals surface area contributed by atoms with Gasteiger partial charge in [-0.25, -0.2) is 4.39 Å². The molecule has 1 aliphatic heterocycles. The number of primary amides is 1. The second-order valence-corrected chi connectivity index (χ2v) is 9.00. The molecule has 2 amide bonds. The Kier molecular flexibility index (Phi) is 7.31. The van der Waals surface area contributed by atoms with Gasteiger partial charge in [0.2, 0.25) is 5.95 Å². The lowest BCUT2D eigenvalue weighted by Crippen LogP contribution is -2.48. The fourth-order valence-corrected chi connectivity index (χ4v) is 4.41. The highest BCUT2D eigenvalue weighted by molar-refractivity contribution is 5.99. The van der Waals surface area contributed by atoms with E-state index in [0.29, 0.717) is 32.8 Å². The lowest BCUT2D eigenvalue weighted by Gasteiger charge is -2.33. The van der Waals surface area contributed by atoms with Crippen LogP contribution >= 0.6 is 0 Å². The van der Waals surface area contributed by atoms with E-state index in [-0.39, 0.29) is 28.6 Å². The Bertz CT molecular complexity index is 1160. The van der Waals surface area contributed by atoms with E-state index in [9.17, 15) is 18.8 Å². The highest BCUT2D eigenvalue weighted by atomic mass is 19.1. The highest BCUT2D eigenvalue weighted by Gasteiger charge is 2.28. The summed E-state index contributed by atoms with van der Waals surface area (Å²) in [4.78, 5) is 45.7. The molecule has 1 aromatic carbocycles. The quantitative estimate of drug-likeness (QED) is 0.389. The Hall–Kier alpha value is -3.51. The molecule has 12 heteroatoms. The molecule has 7 N–H and O–H groups in total. The molecule has 0 unspecified atom stereocenters. The van der Waals surface area contributed by atoms with Gasteiger partial charge in [0.15, 0.2) is 5.82 Å². The van der Waals surface area contributed by atoms with Crippen LogP contribution in [0.5, 0.6) is 0 Å². The number of ether oxygens (including phenoxy) is 1. The second-order valence-electron chi connectivity index (χ2n) is 9.00. The maximum Gasteiger partial charge on any atom is 0.267 e. The lowest BCUT2D eigenvalue weighted by atomic mass is 9.82. The fraction of sp³-hybridized carbons (Fsp3) is 0.478. The first kappa shape index (κ1) is 24.6. The average molecular weight is 488 g/mol. The molecule has 4 rings (SSSR count). The van der Waals surface area contributed by atoms with Crippen molar-refractivity contribution in [2.45, 2.75) is 37.6 Å². The minimum Gasteiger partial charge on any atom is -0.378 e. The number of aromatic nitrogens is 2. The summed E-state index contributed by atoms with van der Waals surface area (Å²) < 4.78 is 19.7. The van der Waals surface area contributed by atoms with Gasteiger partial charge in [0, 0.05) is 30.9 Å². The smallest absolute Gasteiger partial charge is 0.267 e. The molecule has 188 valence electrons. The van der Waals surface area contributed by atoms with Gasteiger partial charge < -0.3 is 31.7 Å². The maximum absolute atomic E-state index is 14.5. The number of morpholine rings is 1. The zero-order valence-electron chi connectivity index (χ0n) is 19.4. The van der Waals surface area contributed by atoms with Crippen molar-refractivity contribution in [1.29, 1.82) is 0 Å². The van der Waals surface area contributed by atoms with Gasteiger partial charge in [-0.1, -0.05) is 19.3 Å². The topological polar surface area (TPSA) is 168 Å². The molecule has 2 fully saturated rings. The van der Waals surface area contributed by atoms with Crippen molar-refractivity contribution in [2.75, 3.05) is 43.5 Å². The number of hydrogen-bond donors (Lipinski definition) is 5. The number of nitrogens with zero attached hydrogens (tertiary/aromatic N) is 2. The third-order valence-corrected chi connectivity index (χ3v) is 6.38. The van der Waals surface area contributed by atoms with Gasteiger partial charge in [-0.3, -0.25) is 19.4 Å². The van der Waals surface area contributed by atoms with E-state index >= 15 is 0 Å². The molecule has 0 bridgehead atoms. The molecule has 0 spiro atoms. The van der Waals surface area contributed by atoms with Gasteiger partial charge in [0.25, 0.3) is 17.4 Å². The van der Waals surface area contributed by atoms with Crippen molar-refractivity contribution < 1.29 is 18.7 Å². The third kappa shape index (κ3) is 5.77. The summed E-state index contributed by atoms with van der Waals surface area (Å²) in [6, 6.07) is 3.82. The molecule has 35 heavy (non-hydrogen) atoms. The summed E-state index contributed by atoms with van der Waals surface area (Å²) in [5.74, 6) is -2.16. The number of amides is 2. The van der Waals surface area contributed by atoms with Crippen molar-refractivity contribution in [3.8, 4) is 0 Å². The molecular formula is C23H30FN7O4. The van der Waals surface area contributed by atoms with Crippen LogP contribution in [0.15, 0.2) is 23.0 Å². The van der Waals surface area contributed by atoms with Crippen molar-refractivity contribution in [3.63, 3.8) is 0 Å². The predicted octanol–water partition coefficient (Wildman–Crippen LogP) is 1.30. The monoisotopic (exact) mass is 487 g/mol. The Morgan fingerprint density at radius 1 is 1.20 bits per heavy atom. The fourth-order valence-electron chi connectivity index (χ4n) is 4.41. The van der Waals surface area contributed by atoms with Crippen molar-refractivity contribution in [1.82, 2.24) is 14.9 Å². The second kappa shape index (κ2) is 10.4. The summed E-state index contributed by atoms with van der Waals surface area (Å²) in [6.45, 7) is 1.86. The van der Waals surface area contributed by atoms with E-state index in [1.807, 2.05) is 0 Å². The van der Waals surface area contributed by atoms with E-state index in [1.54, 1.807) is 0 Å². The van der Waals surface area contributed by atoms with Crippen LogP contribution in [0.3, 0.4) is 0 Å². The van der Waals surface area contributed by atoms with Crippen LogP contribution < -0.4 is 27.7 Å². The highest BCUT2D eigenvalue weighted by Crippen LogP contribution is 2.26. The van der Waals surface area contributed by atoms with Crippen LogP contribution in [0.2, 0.25) is 0 Å². The Morgan fingerprint density at radius 3 is 2.60 bits per heavy atom. The van der Waals surface area contributed by atoms with E-state index < -0.39 is 28.7 Å². The van der Waals surface area contributed by atoms with Gasteiger partial charge in [-0.2, -0.15) is 4.98 Å². The van der Waals surface area contributed by atoms with Gasteiger partial charge in [-0.15, -0.1) is 0 Å². The minimum atomic E-state index is -0.984. The number of nitrogens with one attached hydrogen (secondary N) is 3. The molecule has 0 radical (unpaired) electrons. The minimum absolute atomic E-state index is 0.115. The first-order valence-electron chi connectivity index (χ1n) is 11.7. The summed E-state index contributed by atoms with van der Waals surface area (Å²) in [7, 11) is 0. The summed E-state index contributed by atoms with van der Waals surface area (Å²) in [5, 5.41) is 5.90. The number of nitrogens with two attached hydrogens (primary N) is 2. The lowest BCUT2D eigenvalue weighted by molar-refractivity contribution is 0.0300. The summed E-state index contributed by atoms with van der Waals surface area (Å²) in [5.41, 5.74) is 10.4. The molecule has 1 saturated heterocycles. The molecule has 2 aliphatic rings. The molecule has 1 aromatic heterocycles. The largest absolute Gasteiger partial charge is 0.378 e. The molecule has 2 heterocycles. The molecule has 1 aliphatic carbocycles. The van der Waals surface area contributed by atoms with E-state index in [0.717, 1.165) is 38.2 Å². The first-order chi connectivity index (χ1) is 16.8. The zero-order valence-corrected chi connectivity index (χ0v) is 19.4. The number of H-pyrrole nitrogens is 1. The first-order valence-corrected chi connectivity index (χ1v) is 11.7. The van der Waals surface area contributed by atoms with Gasteiger partial charge in [0.05, 0.1) is 18.8 Å². The number of hydrogen-bond acceptors (Lipinski definition) is 8. The van der Waals surface area contributed by atoms with Crippen LogP contribution in [0, 0.1) is 5.82 Å². The number of anilines is 3. The zero-order chi connectivity index (χ0) is 25.0. The Balaban J connectivity index is 1.59. The maximum atomic E-state index is 14.5. The molecule has 0 atom stereocenters. The van der Waals surface area contributed by atoms with Gasteiger partial charge in [-0.05, 0) is 31.0 Å². The summed E-state index contributed by atoms with van der Waals surface area (Å²) >= 11 is 0. The number of benzene rings is 1. The number of rotatable bonds is 7. The molecule has 11 nitrogen and oxygen atoms in total. The number of halogens is 1. The average Bonchev–Trinajstić information content (AvgIpc) is 2.84. The van der Waals surface area contributed by atoms with Crippen molar-refractivity contribution in [2.24, 2.45) is 11.5 Å². The van der Waals surface area contributed by atoms with Gasteiger partial charge in [0.1, 0.15) is 11.4 Å². The van der Waals surface area contributed by atoms with Crippen LogP contribution in [0.4, 0.5) is 21.8 Å². The van der Waals surface area contributed by atoms with Crippen LogP contribution in [0.25, 0.3) is 0 Å². The van der Waals surface area contributed by atoms with E-state index in [4.69, 9.17) is 16.2 Å². The molecular weight excluding hydrogens is 457 g/mol. The Labute approximate surface area is 201 Å². The molecule has 1 saturated carbocycles. The van der Waals surface area contributed by atoms with E-state index in [2.05, 4.69) is 20.6 Å². The van der Waals surface area contributed by atoms with Crippen LogP contribution in [0.1, 0.15) is 52.8 Å². The SMILES string of the molecule is NC(=O)c1c(Nc2ccc(F)c(C(=O)N3CCOCC3)c2)nc(NCC2(N)CCCCC2)[nH]c1=O. The normalized spacial score (nSPS) is 17.6. The number of aromatic amines is 1. The Morgan fingerprint density at radius 2 is 1.91 bits per heavy atom. The van der Waals surface area contributed by atoms with Crippen LogP contribution in [-0.4, -0.2) is 65.1 Å². The van der Waals surface area contributed by atoms with Crippen LogP contribution in [-0.2, 0) is 4.74 Å². The van der Waals surface area contributed by atoms with Gasteiger partial charge >= 0.3 is 0 Å². The standard InChI is InChI=1S/C23H30FN7O4/c24-16-5-4-14(12-15(16)21(34)31-8-10-35-11-9-31)28-19-17(18(25)32)20(33)30-22(29-19)27-13-23(26)6-2-1-3-7-23/h4-5,12H,1-3,6-11,13,26H2,(H2,25,32)(H3,27,28,29,30,33). The third-order valence-electron chi connectivity index (χ3n) is 6.38. The predicted molar refractivity (Wildman–Crippen MR) is 128 cm³/mol.